The van der Waals surface area contributed by atoms with Gasteiger partial charge in [-0.3, -0.25) is 4.68 Å². The monoisotopic (exact) mass is 454 g/mol. The van der Waals surface area contributed by atoms with E-state index in [1.807, 2.05) is 37.0 Å². The van der Waals surface area contributed by atoms with Crippen molar-refractivity contribution in [3.05, 3.63) is 31.0 Å². The van der Waals surface area contributed by atoms with Crippen LogP contribution in [0.25, 0.3) is 22.3 Å². The van der Waals surface area contributed by atoms with Crippen molar-refractivity contribution >= 4 is 21.2 Å². The highest BCUT2D eigenvalue weighted by Gasteiger charge is 2.52. The largest absolute Gasteiger partial charge is 0.346 e. The van der Waals surface area contributed by atoms with Gasteiger partial charge in [-0.2, -0.15) is 27.8 Å². The van der Waals surface area contributed by atoms with Crippen LogP contribution in [0.4, 0.5) is 0 Å². The van der Waals surface area contributed by atoms with Crippen LogP contribution in [0.2, 0.25) is 0 Å². The highest BCUT2D eigenvalue weighted by atomic mass is 32.2. The Morgan fingerprint density at radius 2 is 2.06 bits per heavy atom. The third-order valence-corrected chi connectivity index (χ3v) is 8.40. The number of rotatable bonds is 6. The molecule has 11 heteroatoms. The van der Waals surface area contributed by atoms with Crippen LogP contribution < -0.4 is 4.72 Å². The van der Waals surface area contributed by atoms with Crippen LogP contribution in [-0.2, 0) is 15.7 Å². The average molecular weight is 455 g/mol. The van der Waals surface area contributed by atoms with Gasteiger partial charge in [-0.25, -0.2) is 9.97 Å². The van der Waals surface area contributed by atoms with E-state index in [4.69, 9.17) is 0 Å². The fourth-order valence-corrected chi connectivity index (χ4v) is 6.87. The molecular weight excluding hydrogens is 428 g/mol. The number of aromatic amines is 1. The van der Waals surface area contributed by atoms with E-state index in [0.29, 0.717) is 19.5 Å². The molecule has 1 aliphatic carbocycles. The van der Waals surface area contributed by atoms with Crippen LogP contribution in [0.15, 0.2) is 31.0 Å². The van der Waals surface area contributed by atoms with E-state index in [2.05, 4.69) is 30.8 Å². The van der Waals surface area contributed by atoms with Crippen molar-refractivity contribution in [1.82, 2.24) is 33.8 Å². The Balaban J connectivity index is 1.41. The van der Waals surface area contributed by atoms with E-state index in [0.717, 1.165) is 35.1 Å². The van der Waals surface area contributed by atoms with Crippen LogP contribution in [0.3, 0.4) is 0 Å². The van der Waals surface area contributed by atoms with Crippen molar-refractivity contribution in [3.8, 4) is 17.3 Å². The average Bonchev–Trinajstić information content (AvgIpc) is 3.49. The summed E-state index contributed by atoms with van der Waals surface area (Å²) in [5, 5.41) is 15.2. The number of nitrogens with one attached hydrogen (secondary N) is 2. The fourth-order valence-electron chi connectivity index (χ4n) is 5.35. The third kappa shape index (κ3) is 3.48. The van der Waals surface area contributed by atoms with Gasteiger partial charge in [0.25, 0.3) is 10.2 Å². The Morgan fingerprint density at radius 1 is 1.31 bits per heavy atom. The molecule has 1 saturated heterocycles. The number of hydrogen-bond donors (Lipinski definition) is 2. The molecule has 0 unspecified atom stereocenters. The molecule has 1 aliphatic heterocycles. The molecule has 2 aliphatic rings. The minimum absolute atomic E-state index is 0.145. The minimum Gasteiger partial charge on any atom is -0.346 e. The van der Waals surface area contributed by atoms with Gasteiger partial charge in [0.1, 0.15) is 12.0 Å². The van der Waals surface area contributed by atoms with Gasteiger partial charge >= 0.3 is 0 Å². The zero-order valence-corrected chi connectivity index (χ0v) is 18.9. The van der Waals surface area contributed by atoms with E-state index in [9.17, 15) is 13.7 Å². The van der Waals surface area contributed by atoms with E-state index < -0.39 is 15.7 Å². The van der Waals surface area contributed by atoms with Gasteiger partial charge in [-0.15, -0.1) is 0 Å². The maximum absolute atomic E-state index is 12.6. The first-order valence-corrected chi connectivity index (χ1v) is 12.2. The van der Waals surface area contributed by atoms with E-state index in [1.54, 1.807) is 10.5 Å². The Morgan fingerprint density at radius 3 is 2.75 bits per heavy atom. The molecule has 10 nitrogen and oxygen atoms in total. The Hall–Kier alpha value is -2.81. The standard InChI is InChI=1S/C21H26N8O2S/c1-14(2)27-32(30,31)28-10-15-7-21(4-5-22,8-16(15)11-28)29-12-17(9-26-29)19-18-3-6-23-20(18)25-13-24-19/h3,6,9,12-16,27H,4,7-8,10-11H2,1-2H3,(H,23,24,25)/t15-,16+,21+. The maximum atomic E-state index is 12.6. The predicted octanol–water partition coefficient (Wildman–Crippen LogP) is 2.01. The predicted molar refractivity (Wildman–Crippen MR) is 118 cm³/mol. The Labute approximate surface area is 186 Å². The zero-order chi connectivity index (χ0) is 22.5. The van der Waals surface area contributed by atoms with Crippen molar-refractivity contribution in [2.24, 2.45) is 11.8 Å². The molecular formula is C21H26N8O2S. The van der Waals surface area contributed by atoms with Crippen molar-refractivity contribution in [1.29, 1.82) is 5.26 Å². The first kappa shape index (κ1) is 21.1. The van der Waals surface area contributed by atoms with E-state index in [-0.39, 0.29) is 17.9 Å². The van der Waals surface area contributed by atoms with Crippen LogP contribution in [-0.4, -0.2) is 56.6 Å². The van der Waals surface area contributed by atoms with Crippen LogP contribution in [0, 0.1) is 23.2 Å². The molecule has 0 amide bonds. The maximum Gasteiger partial charge on any atom is 0.279 e. The number of aromatic nitrogens is 5. The highest BCUT2D eigenvalue weighted by molar-refractivity contribution is 7.87. The number of hydrogen-bond acceptors (Lipinski definition) is 6. The second kappa shape index (κ2) is 7.65. The molecule has 5 rings (SSSR count). The number of H-pyrrole nitrogens is 1. The lowest BCUT2D eigenvalue weighted by Crippen LogP contribution is -2.43. The molecule has 3 aromatic rings. The summed E-state index contributed by atoms with van der Waals surface area (Å²) >= 11 is 0. The number of nitrogens with zero attached hydrogens (tertiary/aromatic N) is 6. The molecule has 0 spiro atoms. The van der Waals surface area contributed by atoms with Crippen molar-refractivity contribution in [3.63, 3.8) is 0 Å². The summed E-state index contributed by atoms with van der Waals surface area (Å²) in [4.78, 5) is 11.8. The Kier molecular flexibility index (Phi) is 5.03. The van der Waals surface area contributed by atoms with Crippen LogP contribution >= 0.6 is 0 Å². The summed E-state index contributed by atoms with van der Waals surface area (Å²) in [6.45, 7) is 4.59. The van der Waals surface area contributed by atoms with Crippen LogP contribution in [0.5, 0.6) is 0 Å². The molecule has 168 valence electrons. The number of fused-ring (bicyclic) bond motifs is 2. The molecule has 1 saturated carbocycles. The van der Waals surface area contributed by atoms with Crippen molar-refractivity contribution in [2.75, 3.05) is 13.1 Å². The second-order valence-corrected chi connectivity index (χ2v) is 10.9. The lowest BCUT2D eigenvalue weighted by molar-refractivity contribution is 0.239. The normalized spacial score (nSPS) is 26.1. The quantitative estimate of drug-likeness (QED) is 0.585. The van der Waals surface area contributed by atoms with Gasteiger partial charge in [0.15, 0.2) is 0 Å². The molecule has 2 N–H and O–H groups in total. The SMILES string of the molecule is CC(C)NS(=O)(=O)N1C[C@@H]2C[C@@](CC#N)(n3cc(-c4ncnc5[nH]ccc45)cn3)C[C@@H]2C1. The molecule has 4 heterocycles. The minimum atomic E-state index is -3.48. The summed E-state index contributed by atoms with van der Waals surface area (Å²) in [5.74, 6) is 0.408. The summed E-state index contributed by atoms with van der Waals surface area (Å²) in [6, 6.07) is 4.14. The molecule has 3 atom stereocenters. The van der Waals surface area contributed by atoms with Crippen molar-refractivity contribution in [2.45, 2.75) is 44.7 Å². The first-order chi connectivity index (χ1) is 15.3. The van der Waals surface area contributed by atoms with Gasteiger partial charge < -0.3 is 4.98 Å². The van der Waals surface area contributed by atoms with Gasteiger partial charge in [-0.05, 0) is 44.6 Å². The summed E-state index contributed by atoms with van der Waals surface area (Å²) < 4.78 is 31.4. The summed E-state index contributed by atoms with van der Waals surface area (Å²) in [7, 11) is -3.48. The van der Waals surface area contributed by atoms with E-state index in [1.165, 1.54) is 6.33 Å². The fraction of sp³-hybridized carbons (Fsp3) is 0.524. The second-order valence-electron chi connectivity index (χ2n) is 9.22. The van der Waals surface area contributed by atoms with Gasteiger partial charge in [0.2, 0.25) is 0 Å². The summed E-state index contributed by atoms with van der Waals surface area (Å²) in [5.41, 5.74) is 2.00. The molecule has 0 radical (unpaired) electrons. The molecule has 0 bridgehead atoms. The van der Waals surface area contributed by atoms with Crippen molar-refractivity contribution < 1.29 is 8.42 Å². The molecule has 2 fully saturated rings. The van der Waals surface area contributed by atoms with Crippen LogP contribution in [0.1, 0.15) is 33.1 Å². The lowest BCUT2D eigenvalue weighted by Gasteiger charge is -2.29. The van der Waals surface area contributed by atoms with E-state index >= 15 is 0 Å². The van der Waals surface area contributed by atoms with Gasteiger partial charge in [0, 0.05) is 42.5 Å². The molecule has 3 aromatic heterocycles. The molecule has 0 aromatic carbocycles. The Bertz CT molecular complexity index is 1270. The van der Waals surface area contributed by atoms with Gasteiger partial charge in [0.05, 0.1) is 29.9 Å². The lowest BCUT2D eigenvalue weighted by atomic mass is 9.92. The summed E-state index contributed by atoms with van der Waals surface area (Å²) in [6.07, 6.45) is 8.88. The first-order valence-electron chi connectivity index (χ1n) is 10.8. The topological polar surface area (TPSA) is 133 Å². The smallest absolute Gasteiger partial charge is 0.279 e. The number of nitriles is 1. The third-order valence-electron chi connectivity index (χ3n) is 6.66. The molecule has 32 heavy (non-hydrogen) atoms. The van der Waals surface area contributed by atoms with Gasteiger partial charge in [-0.1, -0.05) is 0 Å². The highest BCUT2D eigenvalue weighted by Crippen LogP contribution is 2.50. The zero-order valence-electron chi connectivity index (χ0n) is 18.1.